The predicted octanol–water partition coefficient (Wildman–Crippen LogP) is 1.86. The Hall–Kier alpha value is -2.73. The Morgan fingerprint density at radius 3 is 2.81 bits per heavy atom. The molecule has 0 bridgehead atoms. The minimum atomic E-state index is -0.987. The van der Waals surface area contributed by atoms with Gasteiger partial charge in [-0.25, -0.2) is 11.0 Å². The zero-order valence-electron chi connectivity index (χ0n) is 18.0. The first-order chi connectivity index (χ1) is 15.0. The SMILES string of the molecule is [C-]#[N+]C[C@H]1CN(c2nc(OC[C@@H]3CCCN3C)nc3c2CCC3)CCN1C(=O)C(=C)F. The largest absolute Gasteiger partial charge is 0.462 e. The van der Waals surface area contributed by atoms with Gasteiger partial charge in [0.2, 0.25) is 6.54 Å². The van der Waals surface area contributed by atoms with Gasteiger partial charge in [0.25, 0.3) is 5.91 Å². The van der Waals surface area contributed by atoms with Gasteiger partial charge < -0.3 is 24.3 Å². The van der Waals surface area contributed by atoms with Crippen LogP contribution in [0.2, 0.25) is 0 Å². The number of ether oxygens (including phenoxy) is 1. The summed E-state index contributed by atoms with van der Waals surface area (Å²) in [6.45, 7) is 13.4. The number of nitrogens with zero attached hydrogens (tertiary/aromatic N) is 6. The molecule has 0 radical (unpaired) electrons. The average molecular weight is 429 g/mol. The molecule has 9 heteroatoms. The van der Waals surface area contributed by atoms with Crippen LogP contribution in [0, 0.1) is 6.57 Å². The molecule has 0 saturated carbocycles. The number of carbonyl (C=O) groups is 1. The van der Waals surface area contributed by atoms with Gasteiger partial charge in [0.15, 0.2) is 5.83 Å². The third kappa shape index (κ3) is 4.49. The van der Waals surface area contributed by atoms with Gasteiger partial charge >= 0.3 is 6.01 Å². The Kier molecular flexibility index (Phi) is 6.37. The highest BCUT2D eigenvalue weighted by molar-refractivity contribution is 5.91. The van der Waals surface area contributed by atoms with E-state index < -0.39 is 17.8 Å². The maximum atomic E-state index is 13.5. The zero-order valence-corrected chi connectivity index (χ0v) is 18.0. The van der Waals surface area contributed by atoms with E-state index >= 15 is 0 Å². The number of hydrogen-bond donors (Lipinski definition) is 0. The molecule has 1 amide bonds. The third-order valence-corrected chi connectivity index (χ3v) is 6.54. The molecule has 8 nitrogen and oxygen atoms in total. The molecule has 0 unspecified atom stereocenters. The summed E-state index contributed by atoms with van der Waals surface area (Å²) in [7, 11) is 2.11. The van der Waals surface area contributed by atoms with E-state index in [4.69, 9.17) is 16.3 Å². The number of anilines is 1. The molecule has 0 aromatic carbocycles. The van der Waals surface area contributed by atoms with E-state index in [-0.39, 0.29) is 6.54 Å². The number of hydrogen-bond acceptors (Lipinski definition) is 6. The maximum Gasteiger partial charge on any atom is 0.318 e. The molecule has 0 N–H and O–H groups in total. The normalized spacial score (nSPS) is 23.5. The lowest BCUT2D eigenvalue weighted by molar-refractivity contribution is -0.131. The van der Waals surface area contributed by atoms with E-state index in [1.807, 2.05) is 0 Å². The number of fused-ring (bicyclic) bond motifs is 1. The van der Waals surface area contributed by atoms with Crippen LogP contribution in [-0.2, 0) is 17.6 Å². The minimum absolute atomic E-state index is 0.111. The van der Waals surface area contributed by atoms with Crippen LogP contribution in [0.4, 0.5) is 10.2 Å². The second kappa shape index (κ2) is 9.18. The standard InChI is InChI=1S/C22H29FN6O2/c1-15(23)21(30)29-11-10-28(13-17(29)12-24-2)20-18-7-4-8-19(18)25-22(26-20)31-14-16-6-5-9-27(16)3/h16-17H,1,4-14H2,3H3/t16-,17-/m0/s1. The summed E-state index contributed by atoms with van der Waals surface area (Å²) in [5, 5.41) is 0. The van der Waals surface area contributed by atoms with Crippen molar-refractivity contribution in [2.24, 2.45) is 0 Å². The maximum absolute atomic E-state index is 13.5. The van der Waals surface area contributed by atoms with Crippen molar-refractivity contribution in [1.29, 1.82) is 0 Å². The highest BCUT2D eigenvalue weighted by atomic mass is 19.1. The van der Waals surface area contributed by atoms with Gasteiger partial charge in [-0.05, 0) is 45.7 Å². The molecule has 166 valence electrons. The number of carbonyl (C=O) groups excluding carboxylic acids is 1. The molecule has 3 aliphatic rings. The number of likely N-dealkylation sites (N-methyl/N-ethyl adjacent to an activating group) is 1. The molecule has 2 saturated heterocycles. The molecule has 1 aliphatic carbocycles. The van der Waals surface area contributed by atoms with Gasteiger partial charge in [-0.2, -0.15) is 9.97 Å². The van der Waals surface area contributed by atoms with Crippen molar-refractivity contribution in [2.75, 3.05) is 51.3 Å². The van der Waals surface area contributed by atoms with Crippen molar-refractivity contribution in [3.8, 4) is 6.01 Å². The van der Waals surface area contributed by atoms with E-state index in [9.17, 15) is 9.18 Å². The Morgan fingerprint density at radius 2 is 2.10 bits per heavy atom. The topological polar surface area (TPSA) is 66.2 Å². The lowest BCUT2D eigenvalue weighted by Crippen LogP contribution is -2.56. The van der Waals surface area contributed by atoms with Crippen LogP contribution >= 0.6 is 0 Å². The number of aromatic nitrogens is 2. The van der Waals surface area contributed by atoms with Crippen molar-refractivity contribution in [3.05, 3.63) is 35.1 Å². The molecule has 2 fully saturated rings. The first-order valence-corrected chi connectivity index (χ1v) is 10.9. The molecule has 4 rings (SSSR count). The Bertz CT molecular complexity index is 901. The van der Waals surface area contributed by atoms with Crippen molar-refractivity contribution < 1.29 is 13.9 Å². The van der Waals surface area contributed by atoms with Gasteiger partial charge in [-0.3, -0.25) is 4.79 Å². The fraction of sp³-hybridized carbons (Fsp3) is 0.636. The quantitative estimate of drug-likeness (QED) is 0.509. The van der Waals surface area contributed by atoms with Gasteiger partial charge in [-0.1, -0.05) is 6.58 Å². The average Bonchev–Trinajstić information content (AvgIpc) is 3.39. The van der Waals surface area contributed by atoms with Crippen LogP contribution in [0.5, 0.6) is 6.01 Å². The molecule has 2 aliphatic heterocycles. The van der Waals surface area contributed by atoms with Gasteiger partial charge in [0, 0.05) is 31.2 Å². The Balaban J connectivity index is 1.54. The number of piperazine rings is 1. The fourth-order valence-electron chi connectivity index (χ4n) is 4.81. The monoisotopic (exact) mass is 428 g/mol. The molecular weight excluding hydrogens is 399 g/mol. The second-order valence-electron chi connectivity index (χ2n) is 8.54. The molecule has 1 aromatic heterocycles. The van der Waals surface area contributed by atoms with Crippen molar-refractivity contribution in [1.82, 2.24) is 19.8 Å². The minimum Gasteiger partial charge on any atom is -0.462 e. The van der Waals surface area contributed by atoms with Crippen LogP contribution < -0.4 is 9.64 Å². The first kappa shape index (κ1) is 21.5. The van der Waals surface area contributed by atoms with Crippen LogP contribution in [0.25, 0.3) is 4.85 Å². The molecule has 3 heterocycles. The molecule has 31 heavy (non-hydrogen) atoms. The van der Waals surface area contributed by atoms with E-state index in [2.05, 4.69) is 33.3 Å². The van der Waals surface area contributed by atoms with Crippen LogP contribution in [0.15, 0.2) is 12.4 Å². The van der Waals surface area contributed by atoms with E-state index in [0.29, 0.717) is 38.3 Å². The van der Waals surface area contributed by atoms with Gasteiger partial charge in [-0.15, -0.1) is 0 Å². The number of halogens is 1. The summed E-state index contributed by atoms with van der Waals surface area (Å²) in [6.07, 6.45) is 5.12. The zero-order chi connectivity index (χ0) is 22.0. The molecule has 1 aromatic rings. The highest BCUT2D eigenvalue weighted by Gasteiger charge is 2.36. The van der Waals surface area contributed by atoms with E-state index in [1.54, 1.807) is 0 Å². The van der Waals surface area contributed by atoms with Crippen molar-refractivity contribution in [3.63, 3.8) is 0 Å². The smallest absolute Gasteiger partial charge is 0.318 e. The molecule has 0 spiro atoms. The first-order valence-electron chi connectivity index (χ1n) is 10.9. The summed E-state index contributed by atoms with van der Waals surface area (Å²) in [6, 6.07) is 0.370. The molecular formula is C22H29FN6O2. The van der Waals surface area contributed by atoms with Gasteiger partial charge in [0.05, 0.1) is 5.69 Å². The fourth-order valence-corrected chi connectivity index (χ4v) is 4.81. The number of amides is 1. The number of rotatable bonds is 6. The summed E-state index contributed by atoms with van der Waals surface area (Å²) >= 11 is 0. The van der Waals surface area contributed by atoms with Crippen LogP contribution in [0.1, 0.15) is 30.5 Å². The summed E-state index contributed by atoms with van der Waals surface area (Å²) in [5.74, 6) is -0.886. The van der Waals surface area contributed by atoms with E-state index in [1.165, 1.54) is 11.3 Å². The summed E-state index contributed by atoms with van der Waals surface area (Å²) < 4.78 is 19.5. The van der Waals surface area contributed by atoms with Crippen molar-refractivity contribution >= 4 is 11.7 Å². The second-order valence-corrected chi connectivity index (χ2v) is 8.54. The van der Waals surface area contributed by atoms with Crippen LogP contribution in [-0.4, -0.2) is 84.1 Å². The van der Waals surface area contributed by atoms with E-state index in [0.717, 1.165) is 49.3 Å². The molecule has 2 atom stereocenters. The lowest BCUT2D eigenvalue weighted by Gasteiger charge is -2.40. The van der Waals surface area contributed by atoms with Crippen molar-refractivity contribution in [2.45, 2.75) is 44.2 Å². The summed E-state index contributed by atoms with van der Waals surface area (Å²) in [4.78, 5) is 30.9. The summed E-state index contributed by atoms with van der Waals surface area (Å²) in [5.41, 5.74) is 2.15. The van der Waals surface area contributed by atoms with Gasteiger partial charge in [0.1, 0.15) is 18.5 Å². The number of aryl methyl sites for hydroxylation is 1. The Morgan fingerprint density at radius 1 is 1.26 bits per heavy atom. The Labute approximate surface area is 182 Å². The predicted molar refractivity (Wildman–Crippen MR) is 115 cm³/mol. The highest BCUT2D eigenvalue weighted by Crippen LogP contribution is 2.32. The number of likely N-dealkylation sites (tertiary alicyclic amines) is 1. The lowest BCUT2D eigenvalue weighted by atomic mass is 10.1. The van der Waals surface area contributed by atoms with Crippen LogP contribution in [0.3, 0.4) is 0 Å². The third-order valence-electron chi connectivity index (χ3n) is 6.54.